The maximum atomic E-state index is 14.1. The van der Waals surface area contributed by atoms with Crippen molar-refractivity contribution in [2.24, 2.45) is 11.3 Å². The van der Waals surface area contributed by atoms with Crippen molar-refractivity contribution in [3.05, 3.63) is 53.1 Å². The lowest BCUT2D eigenvalue weighted by Crippen LogP contribution is -2.36. The summed E-state index contributed by atoms with van der Waals surface area (Å²) >= 11 is 0. The Balaban J connectivity index is 1.42. The van der Waals surface area contributed by atoms with Crippen LogP contribution in [0.1, 0.15) is 30.4 Å². The molecule has 1 aliphatic heterocycles. The second-order valence-corrected chi connectivity index (χ2v) is 7.61. The number of carboxylic acid groups (broad SMARTS) is 1. The number of halogens is 2. The van der Waals surface area contributed by atoms with Crippen molar-refractivity contribution in [2.45, 2.75) is 25.9 Å². The first kappa shape index (κ1) is 19.1. The first-order valence-corrected chi connectivity index (χ1v) is 9.37. The van der Waals surface area contributed by atoms with Crippen molar-refractivity contribution in [3.8, 4) is 11.9 Å². The highest BCUT2D eigenvalue weighted by molar-refractivity contribution is 5.75. The van der Waals surface area contributed by atoms with Gasteiger partial charge in [0.2, 0.25) is 0 Å². The van der Waals surface area contributed by atoms with Crippen molar-refractivity contribution in [1.82, 2.24) is 4.98 Å². The number of hydrogen-bond donors (Lipinski definition) is 1. The fourth-order valence-corrected chi connectivity index (χ4v) is 4.00. The van der Waals surface area contributed by atoms with E-state index in [1.54, 1.807) is 6.07 Å². The number of nitrogens with zero attached hydrogens (tertiary/aromatic N) is 3. The molecule has 0 amide bonds. The molecule has 1 atom stereocenters. The van der Waals surface area contributed by atoms with Crippen LogP contribution in [0.25, 0.3) is 0 Å². The van der Waals surface area contributed by atoms with Gasteiger partial charge in [0.15, 0.2) is 5.82 Å². The molecule has 0 bridgehead atoms. The molecule has 1 spiro atoms. The van der Waals surface area contributed by atoms with Gasteiger partial charge in [-0.3, -0.25) is 4.79 Å². The van der Waals surface area contributed by atoms with Gasteiger partial charge >= 0.3 is 5.97 Å². The minimum atomic E-state index is -0.732. The largest absolute Gasteiger partial charge is 0.481 e. The maximum absolute atomic E-state index is 14.1. The van der Waals surface area contributed by atoms with E-state index in [2.05, 4.69) is 4.98 Å². The highest BCUT2D eigenvalue weighted by atomic mass is 19.1. The van der Waals surface area contributed by atoms with E-state index >= 15 is 0 Å². The molecule has 1 aliphatic carbocycles. The molecule has 1 aromatic heterocycles. The molecule has 150 valence electrons. The average Bonchev–Trinajstić information content (AvgIpc) is 3.42. The predicted molar refractivity (Wildman–Crippen MR) is 99.3 cm³/mol. The van der Waals surface area contributed by atoms with E-state index in [0.29, 0.717) is 18.9 Å². The maximum Gasteiger partial charge on any atom is 0.307 e. The normalized spacial score (nSPS) is 19.6. The molecule has 0 radical (unpaired) electrons. The number of carboxylic acids is 1. The molecule has 1 saturated heterocycles. The summed E-state index contributed by atoms with van der Waals surface area (Å²) in [5, 5.41) is 18.0. The summed E-state index contributed by atoms with van der Waals surface area (Å²) in [5.74, 6) is -1.91. The smallest absolute Gasteiger partial charge is 0.307 e. The average molecular weight is 399 g/mol. The third-order valence-corrected chi connectivity index (χ3v) is 5.92. The number of nitriles is 1. The van der Waals surface area contributed by atoms with Crippen LogP contribution in [0, 0.1) is 34.3 Å². The molecule has 1 N–H and O–H groups in total. The molecule has 2 fully saturated rings. The van der Waals surface area contributed by atoms with E-state index in [1.165, 1.54) is 18.2 Å². The van der Waals surface area contributed by atoms with Gasteiger partial charge in [0.25, 0.3) is 5.88 Å². The van der Waals surface area contributed by atoms with Crippen molar-refractivity contribution < 1.29 is 23.4 Å². The van der Waals surface area contributed by atoms with Gasteiger partial charge in [0.1, 0.15) is 18.2 Å². The lowest BCUT2D eigenvalue weighted by Gasteiger charge is -2.33. The summed E-state index contributed by atoms with van der Waals surface area (Å²) < 4.78 is 33.5. The third-order valence-electron chi connectivity index (χ3n) is 5.92. The summed E-state index contributed by atoms with van der Waals surface area (Å²) in [5.41, 5.74) is 0.291. The quantitative estimate of drug-likeness (QED) is 0.828. The van der Waals surface area contributed by atoms with Gasteiger partial charge in [-0.05, 0) is 48.9 Å². The van der Waals surface area contributed by atoms with Gasteiger partial charge < -0.3 is 14.7 Å². The number of aromatic nitrogens is 1. The van der Waals surface area contributed by atoms with E-state index < -0.39 is 17.6 Å². The zero-order valence-electron chi connectivity index (χ0n) is 15.6. The number of anilines is 1. The van der Waals surface area contributed by atoms with E-state index in [9.17, 15) is 18.7 Å². The Morgan fingerprint density at radius 2 is 2.03 bits per heavy atom. The Kier molecular flexibility index (Phi) is 4.82. The van der Waals surface area contributed by atoms with Gasteiger partial charge in [0.05, 0.1) is 17.6 Å². The number of rotatable bonds is 5. The fraction of sp³-hybridized carbons (Fsp3) is 0.381. The molecule has 8 heteroatoms. The molecule has 29 heavy (non-hydrogen) atoms. The topological polar surface area (TPSA) is 86.5 Å². The summed E-state index contributed by atoms with van der Waals surface area (Å²) in [6, 6.07) is 8.66. The van der Waals surface area contributed by atoms with Crippen molar-refractivity contribution in [1.29, 1.82) is 5.26 Å². The van der Waals surface area contributed by atoms with Gasteiger partial charge in [-0.2, -0.15) is 10.2 Å². The number of ether oxygens (including phenoxy) is 1. The van der Waals surface area contributed by atoms with E-state index in [4.69, 9.17) is 10.00 Å². The molecule has 1 saturated carbocycles. The Morgan fingerprint density at radius 3 is 2.66 bits per heavy atom. The zero-order valence-corrected chi connectivity index (χ0v) is 15.6. The number of pyridine rings is 1. The number of carbonyl (C=O) groups is 1. The number of piperidine rings is 1. The van der Waals surface area contributed by atoms with Gasteiger partial charge in [-0.1, -0.05) is 6.07 Å². The first-order valence-electron chi connectivity index (χ1n) is 9.37. The monoisotopic (exact) mass is 399 g/mol. The number of aliphatic carboxylic acids is 1. The molecule has 4 rings (SSSR count). The Bertz CT molecular complexity index is 997. The summed E-state index contributed by atoms with van der Waals surface area (Å²) in [6.45, 7) is 1.08. The molecule has 1 aromatic carbocycles. The predicted octanol–water partition coefficient (Wildman–Crippen LogP) is 3.50. The Labute approximate surface area is 166 Å². The number of hydrogen-bond acceptors (Lipinski definition) is 5. The van der Waals surface area contributed by atoms with Crippen LogP contribution < -0.4 is 9.64 Å². The summed E-state index contributed by atoms with van der Waals surface area (Å²) in [4.78, 5) is 17.4. The van der Waals surface area contributed by atoms with Gasteiger partial charge in [-0.15, -0.1) is 0 Å². The molecule has 2 aliphatic rings. The van der Waals surface area contributed by atoms with Crippen LogP contribution >= 0.6 is 0 Å². The van der Waals surface area contributed by atoms with E-state index in [1.807, 2.05) is 11.0 Å². The second kappa shape index (κ2) is 7.32. The lowest BCUT2D eigenvalue weighted by atomic mass is 9.91. The molecule has 6 nitrogen and oxygen atoms in total. The Hall–Kier alpha value is -3.21. The van der Waals surface area contributed by atoms with Crippen molar-refractivity contribution in [2.75, 3.05) is 18.0 Å². The minimum absolute atomic E-state index is 0.102. The standard InChI is InChI=1S/C21H19F2N3O3/c22-16-3-4-18(26-7-5-21(6-8-26)10-15(21)20(27)28)25-19(16)29-12-14-2-1-13(11-24)9-17(14)23/h1-4,9,15H,5-8,10,12H2,(H,27,28). The summed E-state index contributed by atoms with van der Waals surface area (Å²) in [7, 11) is 0. The number of benzene rings is 1. The highest BCUT2D eigenvalue weighted by Gasteiger charge is 2.58. The van der Waals surface area contributed by atoms with Crippen LogP contribution in [-0.4, -0.2) is 29.1 Å². The van der Waals surface area contributed by atoms with Crippen LogP contribution in [-0.2, 0) is 11.4 Å². The Morgan fingerprint density at radius 1 is 1.28 bits per heavy atom. The second-order valence-electron chi connectivity index (χ2n) is 7.61. The molecular weight excluding hydrogens is 380 g/mol. The van der Waals surface area contributed by atoms with E-state index in [-0.39, 0.29) is 34.9 Å². The van der Waals surface area contributed by atoms with Gasteiger partial charge in [-0.25, -0.2) is 8.78 Å². The molecular formula is C21H19F2N3O3. The zero-order chi connectivity index (χ0) is 20.6. The van der Waals surface area contributed by atoms with Crippen LogP contribution in [0.4, 0.5) is 14.6 Å². The van der Waals surface area contributed by atoms with E-state index in [0.717, 1.165) is 25.3 Å². The first-order chi connectivity index (χ1) is 13.9. The molecule has 2 heterocycles. The third kappa shape index (κ3) is 3.73. The fourth-order valence-electron chi connectivity index (χ4n) is 4.00. The van der Waals surface area contributed by atoms with Crippen molar-refractivity contribution in [3.63, 3.8) is 0 Å². The van der Waals surface area contributed by atoms with Crippen LogP contribution in [0.3, 0.4) is 0 Å². The molecule has 2 aromatic rings. The minimum Gasteiger partial charge on any atom is -0.481 e. The van der Waals surface area contributed by atoms with Crippen LogP contribution in [0.2, 0.25) is 0 Å². The van der Waals surface area contributed by atoms with Crippen LogP contribution in [0.15, 0.2) is 30.3 Å². The van der Waals surface area contributed by atoms with Crippen LogP contribution in [0.5, 0.6) is 5.88 Å². The molecule has 1 unspecified atom stereocenters. The SMILES string of the molecule is N#Cc1ccc(COc2nc(N3CCC4(CC3)CC4C(=O)O)ccc2F)c(F)c1. The lowest BCUT2D eigenvalue weighted by molar-refractivity contribution is -0.139. The highest BCUT2D eigenvalue weighted by Crippen LogP contribution is 2.59. The van der Waals surface area contributed by atoms with Gasteiger partial charge in [0, 0.05) is 18.7 Å². The van der Waals surface area contributed by atoms with Crippen molar-refractivity contribution >= 4 is 11.8 Å². The summed E-state index contributed by atoms with van der Waals surface area (Å²) in [6.07, 6.45) is 2.24.